The molecule has 0 aromatic heterocycles. The average molecular weight is 918 g/mol. The minimum absolute atomic E-state index is 0.865. The van der Waals surface area contributed by atoms with Crippen LogP contribution in [-0.4, -0.2) is 10.7 Å². The Morgan fingerprint density at radius 3 is 1.40 bits per heavy atom. The molecule has 0 N–H and O–H groups in total. The van der Waals surface area contributed by atoms with E-state index < -0.39 is 0 Å². The van der Waals surface area contributed by atoms with Gasteiger partial charge in [0.25, 0.3) is 0 Å². The van der Waals surface area contributed by atoms with Crippen molar-refractivity contribution in [3.63, 3.8) is 0 Å². The summed E-state index contributed by atoms with van der Waals surface area (Å²) in [4.78, 5) is 3.55. The van der Waals surface area contributed by atoms with Gasteiger partial charge in [-0.25, -0.2) is 0 Å². The predicted octanol–water partition coefficient (Wildman–Crippen LogP) is 17.8. The van der Waals surface area contributed by atoms with Gasteiger partial charge in [0, 0.05) is 0 Å². The molecule has 2 nitrogen and oxygen atoms in total. The van der Waals surface area contributed by atoms with Crippen LogP contribution in [0.2, 0.25) is 0 Å². The molecule has 0 amide bonds. The molecule has 0 spiro atoms. The Balaban J connectivity index is 0.000000728. The zero-order valence-electron chi connectivity index (χ0n) is 41.7. The van der Waals surface area contributed by atoms with E-state index in [0.29, 0.717) is 0 Å². The summed E-state index contributed by atoms with van der Waals surface area (Å²) in [5, 5.41) is 0. The van der Waals surface area contributed by atoms with Gasteiger partial charge in [0.15, 0.2) is 0 Å². The van der Waals surface area contributed by atoms with E-state index in [1.165, 1.54) is 143 Å². The summed E-state index contributed by atoms with van der Waals surface area (Å²) in [5.74, 6) is 3.11. The Kier molecular flexibility index (Phi) is 30.5. The third-order valence-electron chi connectivity index (χ3n) is 11.8. The molecule has 354 valence electrons. The summed E-state index contributed by atoms with van der Waals surface area (Å²) in [6.45, 7) is 13.7. The second kappa shape index (κ2) is 35.9. The molecular weight excluding hydrogens is 831 g/mol. The zero-order chi connectivity index (χ0) is 46.6. The quantitative estimate of drug-likeness (QED) is 0.0120. The molecule has 0 aliphatic carbocycles. The first-order chi connectivity index (χ1) is 32.0. The average Bonchev–Trinajstić information content (AvgIpc) is 3.33. The molecule has 0 heterocycles. The van der Waals surface area contributed by atoms with Crippen molar-refractivity contribution in [1.29, 1.82) is 0 Å². The number of hydrogen-bond acceptors (Lipinski definition) is 0. The molecular formula is C62H86N2Ni. The van der Waals surface area contributed by atoms with Crippen molar-refractivity contribution < 1.29 is 19.2 Å². The van der Waals surface area contributed by atoms with Crippen LogP contribution in [0.25, 0.3) is 23.3 Å². The summed E-state index contributed by atoms with van der Waals surface area (Å²) in [7, 11) is 0. The summed E-state index contributed by atoms with van der Waals surface area (Å²) in [6.07, 6.45) is 37.9. The van der Waals surface area contributed by atoms with E-state index >= 15 is 0 Å². The fourth-order valence-electron chi connectivity index (χ4n) is 8.14. The number of benzene rings is 4. The van der Waals surface area contributed by atoms with Gasteiger partial charge in [0.2, 0.25) is 0 Å². The van der Waals surface area contributed by atoms with Crippen LogP contribution >= 0.6 is 0 Å². The van der Waals surface area contributed by atoms with E-state index in [4.69, 9.17) is 0 Å². The van der Waals surface area contributed by atoms with Crippen LogP contribution < -0.4 is 9.07 Å². The first kappa shape index (κ1) is 55.1. The third-order valence-corrected chi connectivity index (χ3v) is 13.1. The van der Waals surface area contributed by atoms with Gasteiger partial charge >= 0.3 is 90.0 Å². The van der Waals surface area contributed by atoms with E-state index in [0.717, 1.165) is 69.8 Å². The van der Waals surface area contributed by atoms with Crippen LogP contribution in [0.4, 0.5) is 0 Å². The Bertz CT molecular complexity index is 1940. The number of aryl methyl sites for hydroxylation is 2. The van der Waals surface area contributed by atoms with Crippen molar-refractivity contribution >= 4 is 32.7 Å². The number of nitrogens with zero attached hydrogens (tertiary/aromatic N) is 2. The normalized spacial score (nSPS) is 11.7. The third kappa shape index (κ3) is 23.2. The maximum atomic E-state index is 9.93. The molecule has 0 unspecified atom stereocenters. The van der Waals surface area contributed by atoms with Crippen molar-refractivity contribution in [1.82, 2.24) is 0 Å². The van der Waals surface area contributed by atoms with Crippen LogP contribution in [0.1, 0.15) is 216 Å². The van der Waals surface area contributed by atoms with Gasteiger partial charge in [-0.3, -0.25) is 0 Å². The summed E-state index contributed by atoms with van der Waals surface area (Å²) in [6, 6.07) is 35.5. The topological polar surface area (TPSA) is 36.4 Å². The van der Waals surface area contributed by atoms with Crippen LogP contribution in [0.5, 0.6) is 0 Å². The Morgan fingerprint density at radius 1 is 0.492 bits per heavy atom. The fraction of sp³-hybridized carbons (Fsp3) is 0.484. The summed E-state index contributed by atoms with van der Waals surface area (Å²) < 4.78 is 2.61. The van der Waals surface area contributed by atoms with E-state index in [9.17, 15) is 5.53 Å². The number of unbranched alkanes of at least 4 members (excludes halogenated alkanes) is 14. The van der Waals surface area contributed by atoms with Crippen LogP contribution in [0.3, 0.4) is 0 Å². The Hall–Kier alpha value is -4.25. The Labute approximate surface area is 404 Å². The van der Waals surface area contributed by atoms with Crippen LogP contribution in [0, 0.1) is 0 Å². The molecule has 0 saturated heterocycles. The SMILES string of the molecule is CCCCCCCC=Cc1cc(C=CCCCCCCC)cc(C(=C(CCCC)C(=C=[N+]=[N-])CCCC)c2cc(CCCC)cc(CCCC)c2)c1.c1cc[c]([Ni][c]2ccccc2)cc1. The molecule has 4 rings (SSSR count). The van der Waals surface area contributed by atoms with Gasteiger partial charge < -0.3 is 5.53 Å². The zero-order valence-corrected chi connectivity index (χ0v) is 42.7. The standard InChI is InChI=1S/C50H76N2.2C6H5.Ni/c1-7-13-19-21-23-25-27-31-44-36-45(32-28-26-24-22-20-14-8-2)40-48(39-44)50(49(34-18-12-6)46(41-52-51)33-17-11-5)47-37-42(29-15-9-3)35-43(38-47)30-16-10-4;2*1-2-4-6-5-3-1;/h27-28,31-32,35-40H,7-26,29-30,33-34H2,1-6H3;2*1-5H;. The van der Waals surface area contributed by atoms with Crippen molar-refractivity contribution in [2.24, 2.45) is 0 Å². The molecule has 0 saturated carbocycles. The van der Waals surface area contributed by atoms with Crippen molar-refractivity contribution in [2.45, 2.75) is 196 Å². The second-order valence-corrected chi connectivity index (χ2v) is 19.1. The van der Waals surface area contributed by atoms with Gasteiger partial charge in [0.05, 0.1) is 5.57 Å². The van der Waals surface area contributed by atoms with E-state index in [2.05, 4.69) is 161 Å². The molecule has 65 heavy (non-hydrogen) atoms. The van der Waals surface area contributed by atoms with Gasteiger partial charge in [-0.15, -0.1) is 4.79 Å². The number of rotatable bonds is 31. The fourth-order valence-corrected chi connectivity index (χ4v) is 9.18. The van der Waals surface area contributed by atoms with E-state index in [1.54, 1.807) is 14.4 Å². The van der Waals surface area contributed by atoms with E-state index in [-0.39, 0.29) is 0 Å². The molecule has 4 aromatic carbocycles. The van der Waals surface area contributed by atoms with Crippen LogP contribution in [-0.2, 0) is 27.3 Å². The molecule has 4 aromatic rings. The number of hydrogen-bond donors (Lipinski definition) is 0. The first-order valence-corrected chi connectivity index (χ1v) is 27.0. The molecule has 0 fully saturated rings. The molecule has 0 aliphatic heterocycles. The molecule has 3 heteroatoms. The van der Waals surface area contributed by atoms with Crippen molar-refractivity contribution in [3.8, 4) is 0 Å². The van der Waals surface area contributed by atoms with Gasteiger partial charge in [0.1, 0.15) is 0 Å². The minimum atomic E-state index is 0.865. The van der Waals surface area contributed by atoms with Crippen molar-refractivity contribution in [2.75, 3.05) is 0 Å². The molecule has 0 aliphatic rings. The van der Waals surface area contributed by atoms with Gasteiger partial charge in [-0.1, -0.05) is 161 Å². The molecule has 0 atom stereocenters. The monoisotopic (exact) mass is 917 g/mol. The maximum absolute atomic E-state index is 9.93. The van der Waals surface area contributed by atoms with Crippen molar-refractivity contribution in [3.05, 3.63) is 159 Å². The first-order valence-electron chi connectivity index (χ1n) is 26.0. The summed E-state index contributed by atoms with van der Waals surface area (Å²) in [5.41, 5.74) is 21.6. The second-order valence-electron chi connectivity index (χ2n) is 17.7. The number of allylic oxidation sites excluding steroid dienone is 4. The molecule has 0 bridgehead atoms. The van der Waals surface area contributed by atoms with E-state index in [1.807, 2.05) is 12.1 Å². The Morgan fingerprint density at radius 2 is 0.938 bits per heavy atom. The summed E-state index contributed by atoms with van der Waals surface area (Å²) >= 11 is 1.60. The van der Waals surface area contributed by atoms with Gasteiger partial charge in [-0.05, 0) is 140 Å². The molecule has 0 radical (unpaired) electrons. The van der Waals surface area contributed by atoms with Gasteiger partial charge in [-0.2, -0.15) is 0 Å². The predicted molar refractivity (Wildman–Crippen MR) is 284 cm³/mol. The van der Waals surface area contributed by atoms with Crippen LogP contribution in [0.15, 0.2) is 120 Å².